The lowest BCUT2D eigenvalue weighted by atomic mass is 10.0. The summed E-state index contributed by atoms with van der Waals surface area (Å²) in [7, 11) is 1.22. The van der Waals surface area contributed by atoms with Crippen molar-refractivity contribution >= 4 is 46.9 Å². The van der Waals surface area contributed by atoms with E-state index >= 15 is 0 Å². The van der Waals surface area contributed by atoms with E-state index < -0.39 is 92.1 Å². The summed E-state index contributed by atoms with van der Waals surface area (Å²) in [5.74, 6) is -3.93. The fraction of sp³-hybridized carbons (Fsp3) is 0.195. The number of carbonyl (C=O) groups excluding carboxylic acids is 6. The van der Waals surface area contributed by atoms with Gasteiger partial charge in [0, 0.05) is 0 Å². The number of aliphatic hydroxyl groups excluding tert-OH is 2. The van der Waals surface area contributed by atoms with Gasteiger partial charge in [-0.1, -0.05) is 24.3 Å². The summed E-state index contributed by atoms with van der Waals surface area (Å²) < 4.78 is 11.8. The molecule has 2 aliphatic rings. The first-order chi connectivity index (χ1) is 28.4. The van der Waals surface area contributed by atoms with Crippen LogP contribution < -0.4 is 26.9 Å². The molecule has 7 rings (SSSR count). The third-order valence-corrected chi connectivity index (χ3v) is 9.81. The molecule has 2 N–H and O–H groups in total. The number of fused-ring (bicyclic) bond motifs is 2. The van der Waals surface area contributed by atoms with Crippen molar-refractivity contribution in [1.82, 2.24) is 13.7 Å². The molecular formula is C41H33N5O13. The first-order valence-corrected chi connectivity index (χ1v) is 18.0. The molecule has 2 aliphatic heterocycles. The molecule has 18 heteroatoms. The number of methoxy groups -OCH3 is 1. The summed E-state index contributed by atoms with van der Waals surface area (Å²) in [5.41, 5.74) is -0.453. The summed E-state index contributed by atoms with van der Waals surface area (Å²) in [6.45, 7) is -2.92. The molecule has 300 valence electrons. The average Bonchev–Trinajstić information content (AvgIpc) is 3.65. The molecule has 59 heavy (non-hydrogen) atoms. The quantitative estimate of drug-likeness (QED) is 0.125. The van der Waals surface area contributed by atoms with E-state index in [9.17, 15) is 53.4 Å². The molecule has 4 amide bonds. The van der Waals surface area contributed by atoms with Gasteiger partial charge < -0.3 is 19.7 Å². The maximum atomic E-state index is 13.5. The minimum atomic E-state index is -1.04. The number of aromatic nitrogens is 3. The molecule has 0 saturated heterocycles. The van der Waals surface area contributed by atoms with E-state index in [0.717, 1.165) is 20.9 Å². The van der Waals surface area contributed by atoms with Gasteiger partial charge in [0.2, 0.25) is 0 Å². The topological polar surface area (TPSA) is 234 Å². The number of nitrogens with zero attached hydrogens (tertiary/aromatic N) is 5. The fourth-order valence-electron chi connectivity index (χ4n) is 6.85. The van der Waals surface area contributed by atoms with E-state index in [1.54, 1.807) is 48.5 Å². The molecule has 1 aromatic heterocycles. The van der Waals surface area contributed by atoms with Crippen molar-refractivity contribution in [2.45, 2.75) is 26.1 Å². The SMILES string of the molecule is COC(=O)c1ccc2c(c1)C(=O)N(c1ccc(Cc3ccc(N4C(=O)c5ccc(C(=O)OCCn6c(=O)n(CCO)c(=O)n(CCO)c6=O)cc5C4=O)cc3)cc1)C2=O. The van der Waals surface area contributed by atoms with Gasteiger partial charge in [0.1, 0.15) is 6.61 Å². The summed E-state index contributed by atoms with van der Waals surface area (Å²) >= 11 is 0. The van der Waals surface area contributed by atoms with E-state index in [4.69, 9.17) is 9.47 Å². The molecule has 0 radical (unpaired) electrons. The van der Waals surface area contributed by atoms with Gasteiger partial charge in [0.15, 0.2) is 0 Å². The van der Waals surface area contributed by atoms with Gasteiger partial charge in [-0.2, -0.15) is 0 Å². The minimum Gasteiger partial charge on any atom is -0.465 e. The Morgan fingerprint density at radius 2 is 0.898 bits per heavy atom. The number of esters is 2. The van der Waals surface area contributed by atoms with Crippen molar-refractivity contribution in [2.24, 2.45) is 0 Å². The van der Waals surface area contributed by atoms with Crippen LogP contribution in [0.5, 0.6) is 0 Å². The van der Waals surface area contributed by atoms with Gasteiger partial charge >= 0.3 is 29.0 Å². The highest BCUT2D eigenvalue weighted by molar-refractivity contribution is 6.35. The average molecular weight is 804 g/mol. The highest BCUT2D eigenvalue weighted by Gasteiger charge is 2.38. The molecule has 18 nitrogen and oxygen atoms in total. The third-order valence-electron chi connectivity index (χ3n) is 9.81. The van der Waals surface area contributed by atoms with Gasteiger partial charge in [0.25, 0.3) is 23.6 Å². The number of hydrogen-bond acceptors (Lipinski definition) is 13. The summed E-state index contributed by atoms with van der Waals surface area (Å²) in [6, 6.07) is 21.4. The van der Waals surface area contributed by atoms with Crippen molar-refractivity contribution in [3.63, 3.8) is 0 Å². The van der Waals surface area contributed by atoms with Gasteiger partial charge in [-0.3, -0.25) is 19.2 Å². The number of aliphatic hydroxyl groups is 2. The van der Waals surface area contributed by atoms with Crippen LogP contribution in [0.1, 0.15) is 73.3 Å². The second-order valence-corrected chi connectivity index (χ2v) is 13.3. The van der Waals surface area contributed by atoms with Crippen LogP contribution in [0.3, 0.4) is 0 Å². The maximum absolute atomic E-state index is 13.5. The summed E-state index contributed by atoms with van der Waals surface area (Å²) in [5, 5.41) is 18.5. The van der Waals surface area contributed by atoms with Crippen molar-refractivity contribution in [2.75, 3.05) is 36.7 Å². The number of hydrogen-bond donors (Lipinski definition) is 2. The molecule has 0 bridgehead atoms. The normalized spacial score (nSPS) is 13.2. The van der Waals surface area contributed by atoms with Crippen LogP contribution in [0.2, 0.25) is 0 Å². The van der Waals surface area contributed by atoms with Gasteiger partial charge in [0.05, 0.1) is 84.7 Å². The van der Waals surface area contributed by atoms with Crippen LogP contribution in [-0.2, 0) is 35.5 Å². The van der Waals surface area contributed by atoms with Crippen LogP contribution in [-0.4, -0.2) is 86.4 Å². The Kier molecular flexibility index (Phi) is 10.8. The van der Waals surface area contributed by atoms with E-state index in [-0.39, 0.29) is 39.1 Å². The Hall–Kier alpha value is -7.57. The maximum Gasteiger partial charge on any atom is 0.338 e. The molecule has 4 aromatic carbocycles. The Morgan fingerprint density at radius 3 is 1.31 bits per heavy atom. The van der Waals surface area contributed by atoms with Crippen LogP contribution in [0.25, 0.3) is 0 Å². The molecule has 0 atom stereocenters. The Labute approximate surface area is 332 Å². The Bertz CT molecular complexity index is 2720. The Balaban J connectivity index is 0.992. The van der Waals surface area contributed by atoms with Crippen LogP contribution in [0, 0.1) is 0 Å². The lowest BCUT2D eigenvalue weighted by Crippen LogP contribution is -2.55. The lowest BCUT2D eigenvalue weighted by Gasteiger charge is -2.15. The van der Waals surface area contributed by atoms with Crippen molar-refractivity contribution in [3.8, 4) is 0 Å². The number of carbonyl (C=O) groups is 6. The smallest absolute Gasteiger partial charge is 0.338 e. The third kappa shape index (κ3) is 7.17. The van der Waals surface area contributed by atoms with Crippen molar-refractivity contribution in [1.29, 1.82) is 0 Å². The van der Waals surface area contributed by atoms with Gasteiger partial charge in [-0.15, -0.1) is 0 Å². The number of ether oxygens (including phenoxy) is 2. The zero-order chi connectivity index (χ0) is 42.1. The molecule has 0 saturated carbocycles. The van der Waals surface area contributed by atoms with Crippen LogP contribution >= 0.6 is 0 Å². The lowest BCUT2D eigenvalue weighted by molar-refractivity contribution is 0.0485. The molecule has 3 heterocycles. The van der Waals surface area contributed by atoms with E-state index in [1.807, 2.05) is 0 Å². The van der Waals surface area contributed by atoms with Crippen LogP contribution in [0.4, 0.5) is 11.4 Å². The molecular weight excluding hydrogens is 770 g/mol. The van der Waals surface area contributed by atoms with Crippen molar-refractivity contribution in [3.05, 3.63) is 161 Å². The number of anilines is 2. The van der Waals surface area contributed by atoms with Gasteiger partial charge in [-0.05, 0) is 78.2 Å². The van der Waals surface area contributed by atoms with Gasteiger partial charge in [-0.25, -0.2) is 47.5 Å². The second kappa shape index (κ2) is 16.1. The largest absolute Gasteiger partial charge is 0.465 e. The minimum absolute atomic E-state index is 0.0465. The predicted molar refractivity (Wildman–Crippen MR) is 206 cm³/mol. The second-order valence-electron chi connectivity index (χ2n) is 13.3. The first-order valence-electron chi connectivity index (χ1n) is 18.0. The molecule has 0 spiro atoms. The highest BCUT2D eigenvalue weighted by Crippen LogP contribution is 2.32. The highest BCUT2D eigenvalue weighted by atomic mass is 16.5. The fourth-order valence-corrected chi connectivity index (χ4v) is 6.85. The predicted octanol–water partition coefficient (Wildman–Crippen LogP) is 0.992. The van der Waals surface area contributed by atoms with E-state index in [1.165, 1.54) is 43.5 Å². The molecule has 0 fully saturated rings. The van der Waals surface area contributed by atoms with E-state index in [0.29, 0.717) is 25.8 Å². The summed E-state index contributed by atoms with van der Waals surface area (Å²) in [6.07, 6.45) is 0.429. The zero-order valence-electron chi connectivity index (χ0n) is 31.2. The summed E-state index contributed by atoms with van der Waals surface area (Å²) in [4.78, 5) is 118. The molecule has 5 aromatic rings. The monoisotopic (exact) mass is 803 g/mol. The van der Waals surface area contributed by atoms with E-state index in [2.05, 4.69) is 0 Å². The number of imide groups is 2. The first kappa shape index (κ1) is 39.7. The Morgan fingerprint density at radius 1 is 0.508 bits per heavy atom. The number of rotatable bonds is 13. The number of benzene rings is 4. The van der Waals surface area contributed by atoms with Crippen LogP contribution in [0.15, 0.2) is 99.3 Å². The standard InChI is InChI=1S/C41H33N5O13/c1-58-37(53)25-6-12-29-31(21-25)35(51)45(33(29)49)27-8-2-23(3-9-27)20-24-4-10-28(11-5-24)46-34(50)30-13-7-26(22-32(30)36(46)52)38(54)59-19-16-44-40(56)42(14-17-47)39(55)43(15-18-48)41(44)57/h2-13,21-22,47-48H,14-20H2,1H3. The number of amides is 4. The van der Waals surface area contributed by atoms with Crippen molar-refractivity contribution < 1.29 is 48.5 Å². The zero-order valence-corrected chi connectivity index (χ0v) is 31.2. The molecule has 0 unspecified atom stereocenters. The molecule has 0 aliphatic carbocycles.